The molecule has 0 spiro atoms. The van der Waals surface area contributed by atoms with Gasteiger partial charge in [-0.3, -0.25) is 15.1 Å². The number of carbonyl (C=O) groups is 2. The van der Waals surface area contributed by atoms with E-state index in [9.17, 15) is 37.1 Å². The normalized spacial score (nSPS) is 21.4. The van der Waals surface area contributed by atoms with Crippen LogP contribution in [0.2, 0.25) is 0 Å². The highest BCUT2D eigenvalue weighted by Gasteiger charge is 2.41. The second-order valence-electron chi connectivity index (χ2n) is 7.99. The molecule has 3 rings (SSSR count). The molecule has 1 aliphatic carbocycles. The van der Waals surface area contributed by atoms with Gasteiger partial charge in [-0.1, -0.05) is 0 Å². The summed E-state index contributed by atoms with van der Waals surface area (Å²) in [6, 6.07) is 1.02. The standard InChI is InChI=1S/C19H24F2N2O7S/c1-10(24)22-9-12(5-15(22)18(25)26)13-6-14(23(27)8-11-3-4-11)16(30-19(20)21)7-17(13)31(2,28)29/h6-7,11-12,15,19,27H,3-5,8-9H2,1-2H3,(H,25,26)/t12?,15-/m1/s1. The third-order valence-electron chi connectivity index (χ3n) is 5.54. The number of benzene rings is 1. The Kier molecular flexibility index (Phi) is 6.42. The minimum absolute atomic E-state index is 0.0556. The van der Waals surface area contributed by atoms with E-state index in [0.717, 1.165) is 35.1 Å². The van der Waals surface area contributed by atoms with Crippen LogP contribution in [0.3, 0.4) is 0 Å². The third-order valence-corrected chi connectivity index (χ3v) is 6.70. The molecule has 2 aliphatic rings. The number of carboxylic acids is 1. The van der Waals surface area contributed by atoms with Crippen LogP contribution in [0.5, 0.6) is 5.75 Å². The minimum Gasteiger partial charge on any atom is -0.480 e. The summed E-state index contributed by atoms with van der Waals surface area (Å²) in [5.74, 6) is -2.72. The van der Waals surface area contributed by atoms with Gasteiger partial charge in [0.05, 0.1) is 4.90 Å². The monoisotopic (exact) mass is 462 g/mol. The number of rotatable bonds is 8. The number of carboxylic acid groups (broad SMARTS) is 1. The zero-order chi connectivity index (χ0) is 23.1. The van der Waals surface area contributed by atoms with Gasteiger partial charge in [-0.05, 0) is 36.8 Å². The number of hydrogen-bond acceptors (Lipinski definition) is 7. The fourth-order valence-electron chi connectivity index (χ4n) is 3.88. The van der Waals surface area contributed by atoms with Crippen molar-refractivity contribution in [3.05, 3.63) is 17.7 Å². The van der Waals surface area contributed by atoms with E-state index in [1.54, 1.807) is 0 Å². The summed E-state index contributed by atoms with van der Waals surface area (Å²) >= 11 is 0. The summed E-state index contributed by atoms with van der Waals surface area (Å²) in [6.07, 6.45) is 2.57. The Balaban J connectivity index is 2.11. The molecule has 1 saturated heterocycles. The van der Waals surface area contributed by atoms with Gasteiger partial charge in [0, 0.05) is 38.3 Å². The first-order valence-electron chi connectivity index (χ1n) is 9.67. The van der Waals surface area contributed by atoms with Crippen molar-refractivity contribution in [3.8, 4) is 5.75 Å². The molecule has 1 saturated carbocycles. The number of nitrogens with zero attached hydrogens (tertiary/aromatic N) is 2. The van der Waals surface area contributed by atoms with Crippen LogP contribution in [0.4, 0.5) is 14.5 Å². The van der Waals surface area contributed by atoms with E-state index in [0.29, 0.717) is 0 Å². The Labute approximate surface area is 178 Å². The van der Waals surface area contributed by atoms with Crippen molar-refractivity contribution in [2.24, 2.45) is 5.92 Å². The van der Waals surface area contributed by atoms with E-state index in [2.05, 4.69) is 4.74 Å². The molecule has 0 radical (unpaired) electrons. The number of hydroxylamine groups is 1. The van der Waals surface area contributed by atoms with Gasteiger partial charge in [0.1, 0.15) is 11.7 Å². The lowest BCUT2D eigenvalue weighted by Gasteiger charge is -2.24. The van der Waals surface area contributed by atoms with Gasteiger partial charge in [0.2, 0.25) is 5.91 Å². The summed E-state index contributed by atoms with van der Waals surface area (Å²) < 4.78 is 55.3. The number of amides is 1. The summed E-state index contributed by atoms with van der Waals surface area (Å²) in [5, 5.41) is 20.7. The van der Waals surface area contributed by atoms with Crippen LogP contribution in [-0.4, -0.2) is 67.5 Å². The molecule has 1 aromatic rings. The van der Waals surface area contributed by atoms with Crippen LogP contribution in [0, 0.1) is 5.92 Å². The lowest BCUT2D eigenvalue weighted by molar-refractivity contribution is -0.147. The van der Waals surface area contributed by atoms with Crippen molar-refractivity contribution >= 4 is 27.4 Å². The van der Waals surface area contributed by atoms with Crippen molar-refractivity contribution in [2.75, 3.05) is 24.4 Å². The maximum Gasteiger partial charge on any atom is 0.387 e. The van der Waals surface area contributed by atoms with Gasteiger partial charge < -0.3 is 14.7 Å². The molecule has 1 aliphatic heterocycles. The van der Waals surface area contributed by atoms with Crippen LogP contribution < -0.4 is 9.80 Å². The number of likely N-dealkylation sites (tertiary alicyclic amines) is 1. The van der Waals surface area contributed by atoms with E-state index in [-0.39, 0.29) is 41.6 Å². The zero-order valence-corrected chi connectivity index (χ0v) is 17.8. The fourth-order valence-corrected chi connectivity index (χ4v) is 4.86. The highest BCUT2D eigenvalue weighted by atomic mass is 32.2. The number of sulfone groups is 1. The van der Waals surface area contributed by atoms with Gasteiger partial charge in [0.15, 0.2) is 15.6 Å². The molecule has 0 aromatic heterocycles. The fraction of sp³-hybridized carbons (Fsp3) is 0.579. The number of alkyl halides is 2. The lowest BCUT2D eigenvalue weighted by atomic mass is 9.95. The number of carbonyl (C=O) groups excluding carboxylic acids is 1. The maximum absolute atomic E-state index is 13.0. The Bertz CT molecular complexity index is 960. The molecular formula is C19H24F2N2O7S. The number of halogens is 2. The molecule has 0 bridgehead atoms. The summed E-state index contributed by atoms with van der Waals surface area (Å²) in [4.78, 5) is 24.3. The Morgan fingerprint density at radius 1 is 1.32 bits per heavy atom. The van der Waals surface area contributed by atoms with E-state index in [4.69, 9.17) is 0 Å². The number of ether oxygens (including phenoxy) is 1. The molecular weight excluding hydrogens is 438 g/mol. The topological polar surface area (TPSA) is 124 Å². The van der Waals surface area contributed by atoms with Gasteiger partial charge in [-0.25, -0.2) is 13.2 Å². The molecule has 1 unspecified atom stereocenters. The van der Waals surface area contributed by atoms with Crippen LogP contribution >= 0.6 is 0 Å². The van der Waals surface area contributed by atoms with Crippen LogP contribution in [0.1, 0.15) is 37.7 Å². The summed E-state index contributed by atoms with van der Waals surface area (Å²) in [7, 11) is -3.93. The highest BCUT2D eigenvalue weighted by molar-refractivity contribution is 7.90. The number of hydrogen-bond donors (Lipinski definition) is 2. The van der Waals surface area contributed by atoms with Crippen LogP contribution in [0.15, 0.2) is 17.0 Å². The molecule has 2 fully saturated rings. The maximum atomic E-state index is 13.0. The van der Waals surface area contributed by atoms with Crippen molar-refractivity contribution < 1.29 is 41.8 Å². The van der Waals surface area contributed by atoms with E-state index in [1.165, 1.54) is 13.0 Å². The van der Waals surface area contributed by atoms with Crippen molar-refractivity contribution in [1.82, 2.24) is 4.90 Å². The third kappa shape index (κ3) is 5.24. The number of anilines is 1. The first-order valence-corrected chi connectivity index (χ1v) is 11.6. The van der Waals surface area contributed by atoms with Crippen molar-refractivity contribution in [1.29, 1.82) is 0 Å². The molecule has 2 atom stereocenters. The molecule has 12 heteroatoms. The average Bonchev–Trinajstić information content (AvgIpc) is 3.33. The average molecular weight is 462 g/mol. The second kappa shape index (κ2) is 8.58. The molecule has 172 valence electrons. The SMILES string of the molecule is CC(=O)N1CC(c2cc(N(O)CC3CC3)c(OC(F)F)cc2S(C)(=O)=O)C[C@@H]1C(=O)O. The summed E-state index contributed by atoms with van der Waals surface area (Å²) in [5.41, 5.74) is 0.00622. The zero-order valence-electron chi connectivity index (χ0n) is 17.0. The van der Waals surface area contributed by atoms with Gasteiger partial charge in [0.25, 0.3) is 0 Å². The van der Waals surface area contributed by atoms with Crippen LogP contribution in [-0.2, 0) is 19.4 Å². The Morgan fingerprint density at radius 3 is 2.42 bits per heavy atom. The largest absolute Gasteiger partial charge is 0.480 e. The smallest absolute Gasteiger partial charge is 0.387 e. The van der Waals surface area contributed by atoms with Crippen molar-refractivity contribution in [3.63, 3.8) is 0 Å². The molecule has 1 aromatic carbocycles. The van der Waals surface area contributed by atoms with E-state index < -0.39 is 46.0 Å². The van der Waals surface area contributed by atoms with Crippen LogP contribution in [0.25, 0.3) is 0 Å². The molecule has 2 N–H and O–H groups in total. The van der Waals surface area contributed by atoms with Gasteiger partial charge in [-0.2, -0.15) is 8.78 Å². The van der Waals surface area contributed by atoms with Crippen molar-refractivity contribution in [2.45, 2.75) is 49.7 Å². The second-order valence-corrected chi connectivity index (χ2v) is 9.98. The number of aliphatic carboxylic acids is 1. The van der Waals surface area contributed by atoms with Gasteiger partial charge in [-0.15, -0.1) is 0 Å². The first-order chi connectivity index (χ1) is 14.4. The minimum atomic E-state index is -3.93. The molecule has 9 nitrogen and oxygen atoms in total. The predicted molar refractivity (Wildman–Crippen MR) is 104 cm³/mol. The quantitative estimate of drug-likeness (QED) is 0.563. The lowest BCUT2D eigenvalue weighted by Crippen LogP contribution is -2.39. The predicted octanol–water partition coefficient (Wildman–Crippen LogP) is 2.09. The first kappa shape index (κ1) is 23.2. The van der Waals surface area contributed by atoms with E-state index >= 15 is 0 Å². The van der Waals surface area contributed by atoms with E-state index in [1.807, 2.05) is 0 Å². The Morgan fingerprint density at radius 2 is 1.97 bits per heavy atom. The van der Waals surface area contributed by atoms with Gasteiger partial charge >= 0.3 is 12.6 Å². The highest BCUT2D eigenvalue weighted by Crippen LogP contribution is 2.42. The molecule has 1 heterocycles. The Hall–Kier alpha value is -2.47. The molecule has 31 heavy (non-hydrogen) atoms. The molecule has 1 amide bonds. The summed E-state index contributed by atoms with van der Waals surface area (Å²) in [6.45, 7) is -1.94.